The summed E-state index contributed by atoms with van der Waals surface area (Å²) in [5.41, 5.74) is 0. The van der Waals surface area contributed by atoms with E-state index in [4.69, 9.17) is 20.4 Å². The zero-order valence-electron chi connectivity index (χ0n) is 16.5. The molecule has 0 fully saturated rings. The summed E-state index contributed by atoms with van der Waals surface area (Å²) in [5, 5.41) is 46.9. The highest BCUT2D eigenvalue weighted by atomic mass is 16.3. The first-order valence-electron chi connectivity index (χ1n) is 10.1. The fourth-order valence-corrected chi connectivity index (χ4v) is 1.99. The number of nitrogens with one attached hydrogen (secondary N) is 4. The molecule has 0 aromatic heterocycles. The first kappa shape index (κ1) is 27.9. The van der Waals surface area contributed by atoms with E-state index in [1.807, 2.05) is 0 Å². The molecule has 8 N–H and O–H groups in total. The molecular weight excluding hydrogens is 336 g/mol. The molecule has 0 amide bonds. The number of rotatable bonds is 20. The molecule has 0 saturated heterocycles. The summed E-state index contributed by atoms with van der Waals surface area (Å²) in [6.07, 6.45) is 5.49. The third kappa shape index (κ3) is 31.4. The van der Waals surface area contributed by atoms with E-state index in [0.717, 1.165) is 90.9 Å². The molecule has 8 nitrogen and oxygen atoms in total. The molecule has 0 aliphatic rings. The monoisotopic (exact) mass is 380 g/mol. The van der Waals surface area contributed by atoms with Crippen molar-refractivity contribution < 1.29 is 20.4 Å². The minimum atomic E-state index is 0.255. The van der Waals surface area contributed by atoms with Crippen LogP contribution in [0.1, 0.15) is 38.5 Å². The lowest BCUT2D eigenvalue weighted by Crippen LogP contribution is -2.29. The molecule has 0 rings (SSSR count). The van der Waals surface area contributed by atoms with E-state index in [1.165, 1.54) is 0 Å². The number of hydrogen-bond acceptors (Lipinski definition) is 8. The smallest absolute Gasteiger partial charge is 0.0443 e. The molecule has 0 aromatic rings. The fourth-order valence-electron chi connectivity index (χ4n) is 1.99. The predicted molar refractivity (Wildman–Crippen MR) is 108 cm³/mol. The highest BCUT2D eigenvalue weighted by Crippen LogP contribution is 1.84. The minimum absolute atomic E-state index is 0.255. The first-order chi connectivity index (χ1) is 12.8. The quantitative estimate of drug-likeness (QED) is 0.122. The summed E-state index contributed by atoms with van der Waals surface area (Å²) in [6, 6.07) is 0. The van der Waals surface area contributed by atoms with E-state index in [0.29, 0.717) is 13.2 Å². The molecule has 0 saturated carbocycles. The lowest BCUT2D eigenvalue weighted by molar-refractivity contribution is 0.282. The molecule has 0 atom stereocenters. The van der Waals surface area contributed by atoms with Crippen molar-refractivity contribution in [1.82, 2.24) is 21.3 Å². The van der Waals surface area contributed by atoms with Gasteiger partial charge in [0.2, 0.25) is 0 Å². The zero-order chi connectivity index (χ0) is 19.6. The number of unbranched alkanes of at least 4 members (excludes halogenated alkanes) is 2. The van der Waals surface area contributed by atoms with Gasteiger partial charge in [0.25, 0.3) is 0 Å². The molecule has 0 aromatic carbocycles. The van der Waals surface area contributed by atoms with Crippen LogP contribution in [0.3, 0.4) is 0 Å². The average Bonchev–Trinajstić information content (AvgIpc) is 2.66. The van der Waals surface area contributed by atoms with Gasteiger partial charge in [0.1, 0.15) is 0 Å². The molecule has 0 heterocycles. The van der Waals surface area contributed by atoms with E-state index in [2.05, 4.69) is 21.3 Å². The van der Waals surface area contributed by atoms with Crippen molar-refractivity contribution in [2.24, 2.45) is 0 Å². The van der Waals surface area contributed by atoms with Crippen LogP contribution in [0.4, 0.5) is 0 Å². The van der Waals surface area contributed by atoms with Gasteiger partial charge in [-0.2, -0.15) is 0 Å². The van der Waals surface area contributed by atoms with Crippen LogP contribution < -0.4 is 21.3 Å². The molecular formula is C18H44N4O4. The molecule has 0 spiro atoms. The van der Waals surface area contributed by atoms with Gasteiger partial charge in [0, 0.05) is 52.6 Å². The van der Waals surface area contributed by atoms with Gasteiger partial charge in [-0.15, -0.1) is 0 Å². The maximum atomic E-state index is 8.53. The Hall–Kier alpha value is -0.320. The Morgan fingerprint density at radius 3 is 0.846 bits per heavy atom. The zero-order valence-corrected chi connectivity index (χ0v) is 16.5. The maximum Gasteiger partial charge on any atom is 0.0443 e. The van der Waals surface area contributed by atoms with Crippen LogP contribution >= 0.6 is 0 Å². The molecule has 8 heteroatoms. The lowest BCUT2D eigenvalue weighted by Gasteiger charge is -2.05. The summed E-state index contributed by atoms with van der Waals surface area (Å²) in [7, 11) is 0. The Balaban J connectivity index is 0. The number of hydrogen-bond donors (Lipinski definition) is 8. The van der Waals surface area contributed by atoms with Crippen molar-refractivity contribution in [3.63, 3.8) is 0 Å². The molecule has 0 radical (unpaired) electrons. The Morgan fingerprint density at radius 1 is 0.308 bits per heavy atom. The molecule has 0 bridgehead atoms. The van der Waals surface area contributed by atoms with Gasteiger partial charge in [-0.1, -0.05) is 0 Å². The summed E-state index contributed by atoms with van der Waals surface area (Å²) in [5.74, 6) is 0. The van der Waals surface area contributed by atoms with Crippen LogP contribution in [0.2, 0.25) is 0 Å². The number of aliphatic hydroxyl groups excluding tert-OH is 4. The molecule has 160 valence electrons. The van der Waals surface area contributed by atoms with Crippen molar-refractivity contribution in [3.8, 4) is 0 Å². The van der Waals surface area contributed by atoms with E-state index < -0.39 is 0 Å². The first-order valence-corrected chi connectivity index (χ1v) is 10.1. The highest BCUT2D eigenvalue weighted by Gasteiger charge is 1.89. The van der Waals surface area contributed by atoms with Crippen LogP contribution in [-0.2, 0) is 0 Å². The summed E-state index contributed by atoms with van der Waals surface area (Å²) >= 11 is 0. The van der Waals surface area contributed by atoms with Gasteiger partial charge in [0.05, 0.1) is 0 Å². The molecule has 0 unspecified atom stereocenters. The van der Waals surface area contributed by atoms with E-state index in [9.17, 15) is 0 Å². The second-order valence-corrected chi connectivity index (χ2v) is 6.02. The van der Waals surface area contributed by atoms with Crippen LogP contribution in [0, 0.1) is 0 Å². The van der Waals surface area contributed by atoms with Crippen molar-refractivity contribution >= 4 is 0 Å². The van der Waals surface area contributed by atoms with Crippen LogP contribution in [0.5, 0.6) is 0 Å². The Morgan fingerprint density at radius 2 is 0.577 bits per heavy atom. The third-order valence-electron chi connectivity index (χ3n) is 3.50. The van der Waals surface area contributed by atoms with E-state index >= 15 is 0 Å². The van der Waals surface area contributed by atoms with Gasteiger partial charge >= 0.3 is 0 Å². The SMILES string of the molecule is OCCCCNCCNCCCCO.OCCCNCCNCCCO. The molecule has 26 heavy (non-hydrogen) atoms. The second kappa shape index (κ2) is 29.4. The predicted octanol–water partition coefficient (Wildman–Crippen LogP) is -1.36. The van der Waals surface area contributed by atoms with Gasteiger partial charge < -0.3 is 41.7 Å². The van der Waals surface area contributed by atoms with Gasteiger partial charge in [-0.05, 0) is 64.7 Å². The normalized spacial score (nSPS) is 10.6. The lowest BCUT2D eigenvalue weighted by atomic mass is 10.3. The standard InChI is InChI=1S/C10H24N2O2.C8H20N2O2/c13-9-3-1-5-11-7-8-12-6-2-4-10-14;11-7-1-3-9-5-6-10-4-2-8-12/h11-14H,1-10H2;9-12H,1-8H2. The fraction of sp³-hybridized carbons (Fsp3) is 1.00. The van der Waals surface area contributed by atoms with E-state index in [1.54, 1.807) is 0 Å². The second-order valence-electron chi connectivity index (χ2n) is 6.02. The average molecular weight is 381 g/mol. The summed E-state index contributed by atoms with van der Waals surface area (Å²) in [4.78, 5) is 0. The topological polar surface area (TPSA) is 129 Å². The van der Waals surface area contributed by atoms with Crippen molar-refractivity contribution in [2.45, 2.75) is 38.5 Å². The third-order valence-corrected chi connectivity index (χ3v) is 3.50. The van der Waals surface area contributed by atoms with Gasteiger partial charge in [0.15, 0.2) is 0 Å². The van der Waals surface area contributed by atoms with Crippen molar-refractivity contribution in [3.05, 3.63) is 0 Å². The molecule has 0 aliphatic carbocycles. The Bertz CT molecular complexity index is 205. The van der Waals surface area contributed by atoms with Crippen LogP contribution in [-0.4, -0.2) is 99.2 Å². The number of aliphatic hydroxyl groups is 4. The Labute approximate surface area is 159 Å². The highest BCUT2D eigenvalue weighted by molar-refractivity contribution is 4.53. The van der Waals surface area contributed by atoms with Gasteiger partial charge in [-0.3, -0.25) is 0 Å². The maximum absolute atomic E-state index is 8.53. The Kier molecular flexibility index (Phi) is 31.6. The summed E-state index contributed by atoms with van der Waals surface area (Å²) in [6.45, 7) is 8.61. The van der Waals surface area contributed by atoms with Crippen molar-refractivity contribution in [2.75, 3.05) is 78.8 Å². The van der Waals surface area contributed by atoms with Crippen LogP contribution in [0.15, 0.2) is 0 Å². The largest absolute Gasteiger partial charge is 0.396 e. The minimum Gasteiger partial charge on any atom is -0.396 e. The van der Waals surface area contributed by atoms with Crippen LogP contribution in [0.25, 0.3) is 0 Å². The summed E-state index contributed by atoms with van der Waals surface area (Å²) < 4.78 is 0. The van der Waals surface area contributed by atoms with E-state index in [-0.39, 0.29) is 13.2 Å². The van der Waals surface area contributed by atoms with Crippen molar-refractivity contribution in [1.29, 1.82) is 0 Å². The van der Waals surface area contributed by atoms with Gasteiger partial charge in [-0.25, -0.2) is 0 Å². The molecule has 0 aliphatic heterocycles.